The maximum absolute atomic E-state index is 15.1. The molecule has 0 spiro atoms. The highest BCUT2D eigenvalue weighted by molar-refractivity contribution is 8.00. The van der Waals surface area contributed by atoms with E-state index in [1.165, 1.54) is 30.0 Å². The Labute approximate surface area is 239 Å². The van der Waals surface area contributed by atoms with Gasteiger partial charge in [-0.05, 0) is 37.6 Å². The number of aromatic nitrogens is 3. The summed E-state index contributed by atoms with van der Waals surface area (Å²) in [6.45, 7) is 3.42. The molecule has 0 bridgehead atoms. The van der Waals surface area contributed by atoms with E-state index < -0.39 is 29.3 Å². The van der Waals surface area contributed by atoms with Gasteiger partial charge in [-0.25, -0.2) is 9.37 Å². The Morgan fingerprint density at radius 2 is 1.92 bits per heavy atom. The van der Waals surface area contributed by atoms with E-state index in [4.69, 9.17) is 23.2 Å². The number of thioether (sulfide) groups is 1. The van der Waals surface area contributed by atoms with Crippen LogP contribution in [0.4, 0.5) is 9.52 Å². The van der Waals surface area contributed by atoms with Gasteiger partial charge in [0.2, 0.25) is 10.9 Å². The molecule has 3 heterocycles. The third-order valence-corrected chi connectivity index (χ3v) is 9.49. The number of hydrogen-bond donors (Lipinski definition) is 1. The summed E-state index contributed by atoms with van der Waals surface area (Å²) in [6.07, 6.45) is 0. The van der Waals surface area contributed by atoms with Gasteiger partial charge in [0.05, 0.1) is 21.2 Å². The van der Waals surface area contributed by atoms with Gasteiger partial charge >= 0.3 is 0 Å². The van der Waals surface area contributed by atoms with Crippen LogP contribution in [0.15, 0.2) is 58.1 Å². The summed E-state index contributed by atoms with van der Waals surface area (Å²) in [5.41, 5.74) is 1.11. The minimum atomic E-state index is -1.24. The fraction of sp³-hybridized carbons (Fsp3) is 0.160. The van der Waals surface area contributed by atoms with Gasteiger partial charge < -0.3 is 5.11 Å². The van der Waals surface area contributed by atoms with Crippen molar-refractivity contribution in [2.24, 2.45) is 0 Å². The molecular formula is C25H17Cl2FN4O3S3. The minimum absolute atomic E-state index is 0.0458. The SMILES string of the molecule is Cc1nc(C)c(C(=O)C2=C(O)C(=O)N(c3nnc(SCc4ccc(Cl)cc4Cl)s3)C2c2ccccc2F)s1. The zero-order valence-corrected chi connectivity index (χ0v) is 23.7. The number of thiazole rings is 1. The van der Waals surface area contributed by atoms with Crippen LogP contribution >= 0.6 is 57.6 Å². The van der Waals surface area contributed by atoms with Crippen LogP contribution in [-0.2, 0) is 10.5 Å². The average molecular weight is 608 g/mol. The lowest BCUT2D eigenvalue weighted by atomic mass is 9.95. The first-order valence-corrected chi connectivity index (χ1v) is 14.4. The molecule has 0 aliphatic carbocycles. The molecule has 1 N–H and O–H groups in total. The molecule has 0 saturated heterocycles. The van der Waals surface area contributed by atoms with Gasteiger partial charge in [-0.1, -0.05) is 70.6 Å². The first kappa shape index (κ1) is 26.8. The standard InChI is InChI=1S/C25H17Cl2FN4O3S3/c1-11-22(37-12(2)29-11)20(33)18-19(15-5-3-4-6-17(15)28)32(23(35)21(18)34)24-30-31-25(38-24)36-10-13-7-8-14(26)9-16(13)27/h3-9,19,34H,10H2,1-2H3. The summed E-state index contributed by atoms with van der Waals surface area (Å²) in [7, 11) is 0. The number of hydrogen-bond acceptors (Lipinski definition) is 9. The Kier molecular flexibility index (Phi) is 7.56. The average Bonchev–Trinajstić information content (AvgIpc) is 3.54. The van der Waals surface area contributed by atoms with E-state index in [0.717, 1.165) is 33.1 Å². The number of halogens is 3. The Balaban J connectivity index is 1.51. The Bertz CT molecular complexity index is 1620. The topological polar surface area (TPSA) is 96.3 Å². The Hall–Kier alpha value is -2.83. The molecular weight excluding hydrogens is 590 g/mol. The Morgan fingerprint density at radius 3 is 2.61 bits per heavy atom. The predicted octanol–water partition coefficient (Wildman–Crippen LogP) is 7.13. The summed E-state index contributed by atoms with van der Waals surface area (Å²) in [5, 5.41) is 21.0. The smallest absolute Gasteiger partial charge is 0.296 e. The van der Waals surface area contributed by atoms with E-state index in [1.54, 1.807) is 38.1 Å². The summed E-state index contributed by atoms with van der Waals surface area (Å²) < 4.78 is 15.6. The fourth-order valence-electron chi connectivity index (χ4n) is 4.03. The summed E-state index contributed by atoms with van der Waals surface area (Å²) in [5.74, 6) is -2.39. The number of nitrogens with zero attached hydrogens (tertiary/aromatic N) is 4. The lowest BCUT2D eigenvalue weighted by molar-refractivity contribution is -0.117. The van der Waals surface area contributed by atoms with Crippen LogP contribution in [-0.4, -0.2) is 32.0 Å². The lowest BCUT2D eigenvalue weighted by Gasteiger charge is -2.24. The highest BCUT2D eigenvalue weighted by Gasteiger charge is 2.47. The maximum Gasteiger partial charge on any atom is 0.296 e. The largest absolute Gasteiger partial charge is 0.503 e. The highest BCUT2D eigenvalue weighted by atomic mass is 35.5. The van der Waals surface area contributed by atoms with Crippen molar-refractivity contribution >= 4 is 74.5 Å². The monoisotopic (exact) mass is 606 g/mol. The maximum atomic E-state index is 15.1. The number of anilines is 1. The van der Waals surface area contributed by atoms with E-state index in [1.807, 2.05) is 0 Å². The number of amides is 1. The van der Waals surface area contributed by atoms with Crippen molar-refractivity contribution in [1.82, 2.24) is 15.2 Å². The van der Waals surface area contributed by atoms with Crippen LogP contribution in [0.25, 0.3) is 0 Å². The minimum Gasteiger partial charge on any atom is -0.503 e. The lowest BCUT2D eigenvalue weighted by Crippen LogP contribution is -2.31. The van der Waals surface area contributed by atoms with Crippen molar-refractivity contribution < 1.29 is 19.1 Å². The molecule has 2 aromatic heterocycles. The molecule has 5 rings (SSSR count). The van der Waals surface area contributed by atoms with E-state index >= 15 is 4.39 Å². The normalized spacial score (nSPS) is 15.6. The van der Waals surface area contributed by atoms with Crippen LogP contribution in [0.2, 0.25) is 10.0 Å². The second-order valence-electron chi connectivity index (χ2n) is 8.21. The summed E-state index contributed by atoms with van der Waals surface area (Å²) >= 11 is 15.8. The number of carbonyl (C=O) groups is 2. The van der Waals surface area contributed by atoms with Crippen LogP contribution in [0.1, 0.15) is 37.5 Å². The van der Waals surface area contributed by atoms with E-state index in [2.05, 4.69) is 15.2 Å². The van der Waals surface area contributed by atoms with Gasteiger partial charge in [0, 0.05) is 21.4 Å². The van der Waals surface area contributed by atoms with Gasteiger partial charge in [-0.3, -0.25) is 14.5 Å². The van der Waals surface area contributed by atoms with Gasteiger partial charge in [0.25, 0.3) is 5.91 Å². The van der Waals surface area contributed by atoms with E-state index in [9.17, 15) is 14.7 Å². The van der Waals surface area contributed by atoms with Gasteiger partial charge in [-0.15, -0.1) is 21.5 Å². The van der Waals surface area contributed by atoms with Gasteiger partial charge in [-0.2, -0.15) is 0 Å². The molecule has 0 saturated carbocycles. The second-order valence-corrected chi connectivity index (χ2v) is 12.4. The highest BCUT2D eigenvalue weighted by Crippen LogP contribution is 2.45. The number of aliphatic hydroxyl groups is 1. The van der Waals surface area contributed by atoms with E-state index in [0.29, 0.717) is 30.8 Å². The molecule has 7 nitrogen and oxygen atoms in total. The van der Waals surface area contributed by atoms with E-state index in [-0.39, 0.29) is 21.1 Å². The molecule has 2 aromatic carbocycles. The van der Waals surface area contributed by atoms with Gasteiger partial charge in [0.1, 0.15) is 11.9 Å². The molecule has 1 unspecified atom stereocenters. The van der Waals surface area contributed by atoms with Crippen molar-refractivity contribution in [3.8, 4) is 0 Å². The van der Waals surface area contributed by atoms with Gasteiger partial charge in [0.15, 0.2) is 10.1 Å². The van der Waals surface area contributed by atoms with Crippen LogP contribution < -0.4 is 4.90 Å². The quantitative estimate of drug-likeness (QED) is 0.136. The fourth-order valence-corrected chi connectivity index (χ4v) is 7.33. The summed E-state index contributed by atoms with van der Waals surface area (Å²) in [4.78, 5) is 32.6. The Morgan fingerprint density at radius 1 is 1.16 bits per heavy atom. The molecule has 1 atom stereocenters. The molecule has 4 aromatic rings. The predicted molar refractivity (Wildman–Crippen MR) is 148 cm³/mol. The molecule has 0 radical (unpaired) electrons. The summed E-state index contributed by atoms with van der Waals surface area (Å²) in [6, 6.07) is 9.74. The number of ketones is 1. The number of aryl methyl sites for hydroxylation is 2. The third kappa shape index (κ3) is 4.96. The van der Waals surface area contributed by atoms with Crippen LogP contribution in [0, 0.1) is 19.7 Å². The van der Waals surface area contributed by atoms with Crippen molar-refractivity contribution in [2.45, 2.75) is 30.0 Å². The molecule has 38 heavy (non-hydrogen) atoms. The third-order valence-electron chi connectivity index (χ3n) is 5.73. The second kappa shape index (κ2) is 10.7. The van der Waals surface area contributed by atoms with Crippen molar-refractivity contribution in [2.75, 3.05) is 4.90 Å². The van der Waals surface area contributed by atoms with Crippen molar-refractivity contribution in [3.05, 3.63) is 96.4 Å². The van der Waals surface area contributed by atoms with Crippen LogP contribution in [0.5, 0.6) is 0 Å². The number of rotatable bonds is 7. The van der Waals surface area contributed by atoms with Crippen molar-refractivity contribution in [3.63, 3.8) is 0 Å². The molecule has 1 amide bonds. The molecule has 1 aliphatic heterocycles. The molecule has 1 aliphatic rings. The first-order valence-electron chi connectivity index (χ1n) is 11.1. The molecule has 0 fully saturated rings. The molecule has 194 valence electrons. The van der Waals surface area contributed by atoms with Crippen molar-refractivity contribution in [1.29, 1.82) is 0 Å². The zero-order chi connectivity index (χ0) is 27.1. The number of benzene rings is 2. The first-order chi connectivity index (χ1) is 18.2. The number of aliphatic hydroxyl groups excluding tert-OH is 1. The number of carbonyl (C=O) groups excluding carboxylic acids is 2. The van der Waals surface area contributed by atoms with Crippen LogP contribution in [0.3, 0.4) is 0 Å². The number of Topliss-reactive ketones (excluding diaryl/α,β-unsaturated/α-hetero) is 1. The zero-order valence-electron chi connectivity index (χ0n) is 19.7. The molecule has 13 heteroatoms.